The highest BCUT2D eigenvalue weighted by Gasteiger charge is 2.23. The fourth-order valence-electron chi connectivity index (χ4n) is 3.25. The van der Waals surface area contributed by atoms with Crippen molar-refractivity contribution in [3.05, 3.63) is 28.1 Å². The molecule has 1 N–H and O–H groups in total. The summed E-state index contributed by atoms with van der Waals surface area (Å²) < 4.78 is 2.46. The minimum atomic E-state index is 0.0670. The fraction of sp³-hybridized carbons (Fsp3) is 0.625. The largest absolute Gasteiger partial charge is 0.396 e. The molecule has 5 nitrogen and oxygen atoms in total. The van der Waals surface area contributed by atoms with Crippen molar-refractivity contribution >= 4 is 21.6 Å². The van der Waals surface area contributed by atoms with Crippen LogP contribution in [-0.2, 0) is 6.54 Å². The summed E-state index contributed by atoms with van der Waals surface area (Å²) in [6.45, 7) is 1.85. The van der Waals surface area contributed by atoms with Gasteiger partial charge in [-0.25, -0.2) is 4.98 Å². The van der Waals surface area contributed by atoms with Crippen LogP contribution >= 0.6 is 11.3 Å². The Bertz CT molecular complexity index is 673. The first-order valence-corrected chi connectivity index (χ1v) is 8.80. The summed E-state index contributed by atoms with van der Waals surface area (Å²) in [5.74, 6) is 0.484. The minimum Gasteiger partial charge on any atom is -0.396 e. The number of hydrogen-bond donors (Lipinski definition) is 1. The van der Waals surface area contributed by atoms with E-state index in [0.717, 1.165) is 42.4 Å². The summed E-state index contributed by atoms with van der Waals surface area (Å²) >= 11 is 1.46. The molecule has 2 heterocycles. The number of aliphatic hydroxyl groups excluding tert-OH is 1. The zero-order valence-electron chi connectivity index (χ0n) is 12.9. The maximum Gasteiger partial charge on any atom is 0.271 e. The number of thiophene rings is 1. The van der Waals surface area contributed by atoms with Crippen molar-refractivity contribution in [3.8, 4) is 0 Å². The predicted octanol–water partition coefficient (Wildman–Crippen LogP) is 1.94. The zero-order chi connectivity index (χ0) is 15.5. The molecule has 0 aliphatic heterocycles. The van der Waals surface area contributed by atoms with Crippen LogP contribution in [0.1, 0.15) is 25.7 Å². The molecule has 0 atom stereocenters. The first-order chi connectivity index (χ1) is 10.7. The Kier molecular flexibility index (Phi) is 4.90. The molecule has 1 fully saturated rings. The van der Waals surface area contributed by atoms with Crippen LogP contribution in [0.5, 0.6) is 0 Å². The van der Waals surface area contributed by atoms with Crippen molar-refractivity contribution in [1.29, 1.82) is 0 Å². The van der Waals surface area contributed by atoms with E-state index in [1.165, 1.54) is 11.3 Å². The number of rotatable bonds is 5. The Morgan fingerprint density at radius 1 is 1.41 bits per heavy atom. The maximum absolute atomic E-state index is 12.3. The highest BCUT2D eigenvalue weighted by atomic mass is 32.1. The number of aliphatic hydroxyl groups is 1. The van der Waals surface area contributed by atoms with Gasteiger partial charge in [0.15, 0.2) is 0 Å². The second kappa shape index (κ2) is 6.89. The normalized spacial score (nSPS) is 22.5. The standard InChI is InChI=1S/C16H23N3O2S/c1-18(13-4-2-12(10-20)3-5-13)7-8-19-11-17-14-6-9-22-15(14)16(19)21/h6,9,11-13,20H,2-5,7-8,10H2,1H3. The Morgan fingerprint density at radius 2 is 2.18 bits per heavy atom. The first-order valence-electron chi connectivity index (χ1n) is 7.92. The van der Waals surface area contributed by atoms with Gasteiger partial charge in [-0.3, -0.25) is 9.36 Å². The van der Waals surface area contributed by atoms with Gasteiger partial charge >= 0.3 is 0 Å². The molecule has 1 saturated carbocycles. The van der Waals surface area contributed by atoms with Gasteiger partial charge in [0.25, 0.3) is 5.56 Å². The number of hydrogen-bond acceptors (Lipinski definition) is 5. The van der Waals surface area contributed by atoms with Gasteiger partial charge in [-0.2, -0.15) is 0 Å². The first kappa shape index (κ1) is 15.6. The number of aromatic nitrogens is 2. The van der Waals surface area contributed by atoms with Gasteiger partial charge in [-0.15, -0.1) is 11.3 Å². The van der Waals surface area contributed by atoms with Crippen LogP contribution in [0.15, 0.2) is 22.6 Å². The lowest BCUT2D eigenvalue weighted by Crippen LogP contribution is -2.38. The van der Waals surface area contributed by atoms with E-state index < -0.39 is 0 Å². The van der Waals surface area contributed by atoms with E-state index in [1.807, 2.05) is 11.4 Å². The Labute approximate surface area is 134 Å². The molecule has 3 rings (SSSR count). The Hall–Kier alpha value is -1.24. The van der Waals surface area contributed by atoms with Gasteiger partial charge in [-0.1, -0.05) is 0 Å². The third-order valence-electron chi connectivity index (χ3n) is 4.83. The Balaban J connectivity index is 1.59. The molecule has 0 radical (unpaired) electrons. The summed E-state index contributed by atoms with van der Waals surface area (Å²) in [4.78, 5) is 19.0. The predicted molar refractivity (Wildman–Crippen MR) is 89.3 cm³/mol. The van der Waals surface area contributed by atoms with Crippen LogP contribution in [0, 0.1) is 5.92 Å². The lowest BCUT2D eigenvalue weighted by molar-refractivity contribution is 0.125. The van der Waals surface area contributed by atoms with Crippen molar-refractivity contribution in [1.82, 2.24) is 14.5 Å². The summed E-state index contributed by atoms with van der Waals surface area (Å²) in [5.41, 5.74) is 0.860. The van der Waals surface area contributed by atoms with Crippen LogP contribution in [0.3, 0.4) is 0 Å². The average Bonchev–Trinajstić information content (AvgIpc) is 3.03. The third kappa shape index (κ3) is 3.24. The molecule has 22 heavy (non-hydrogen) atoms. The van der Waals surface area contributed by atoms with Crippen LogP contribution in [-0.4, -0.2) is 45.8 Å². The van der Waals surface area contributed by atoms with Crippen molar-refractivity contribution in [3.63, 3.8) is 0 Å². The fourth-order valence-corrected chi connectivity index (χ4v) is 4.05. The summed E-state index contributed by atoms with van der Waals surface area (Å²) in [6, 6.07) is 2.45. The summed E-state index contributed by atoms with van der Waals surface area (Å²) in [5, 5.41) is 11.1. The van der Waals surface area contributed by atoms with E-state index in [0.29, 0.717) is 25.1 Å². The molecule has 0 unspecified atom stereocenters. The monoisotopic (exact) mass is 321 g/mol. The van der Waals surface area contributed by atoms with Gasteiger partial charge in [0.1, 0.15) is 4.70 Å². The average molecular weight is 321 g/mol. The van der Waals surface area contributed by atoms with Crippen LogP contribution < -0.4 is 5.56 Å². The summed E-state index contributed by atoms with van der Waals surface area (Å²) in [7, 11) is 2.13. The molecule has 1 aliphatic carbocycles. The van der Waals surface area contributed by atoms with Crippen LogP contribution in [0.2, 0.25) is 0 Å². The van der Waals surface area contributed by atoms with Gasteiger partial charge in [-0.05, 0) is 50.1 Å². The van der Waals surface area contributed by atoms with E-state index in [1.54, 1.807) is 10.9 Å². The lowest BCUT2D eigenvalue weighted by atomic mass is 9.86. The molecule has 120 valence electrons. The molecule has 0 bridgehead atoms. The molecule has 6 heteroatoms. The minimum absolute atomic E-state index is 0.0670. The molecule has 0 aromatic carbocycles. The third-order valence-corrected chi connectivity index (χ3v) is 5.72. The smallest absolute Gasteiger partial charge is 0.271 e. The van der Waals surface area contributed by atoms with Gasteiger partial charge in [0, 0.05) is 25.7 Å². The van der Waals surface area contributed by atoms with Crippen molar-refractivity contribution in [2.24, 2.45) is 5.92 Å². The molecule has 2 aromatic heterocycles. The van der Waals surface area contributed by atoms with E-state index in [9.17, 15) is 9.90 Å². The Morgan fingerprint density at radius 3 is 2.91 bits per heavy atom. The number of fused-ring (bicyclic) bond motifs is 1. The lowest BCUT2D eigenvalue weighted by Gasteiger charge is -2.34. The van der Waals surface area contributed by atoms with E-state index >= 15 is 0 Å². The SMILES string of the molecule is CN(CCn1cnc2ccsc2c1=O)C1CCC(CO)CC1. The van der Waals surface area contributed by atoms with Crippen molar-refractivity contribution in [2.75, 3.05) is 20.2 Å². The maximum atomic E-state index is 12.3. The number of likely N-dealkylation sites (N-methyl/N-ethyl adjacent to an activating group) is 1. The van der Waals surface area contributed by atoms with Crippen molar-refractivity contribution in [2.45, 2.75) is 38.3 Å². The quantitative estimate of drug-likeness (QED) is 0.914. The van der Waals surface area contributed by atoms with Crippen LogP contribution in [0.4, 0.5) is 0 Å². The van der Waals surface area contributed by atoms with E-state index in [4.69, 9.17) is 0 Å². The molecule has 0 amide bonds. The summed E-state index contributed by atoms with van der Waals surface area (Å²) in [6.07, 6.45) is 6.15. The zero-order valence-corrected chi connectivity index (χ0v) is 13.8. The molecule has 0 saturated heterocycles. The molecule has 1 aliphatic rings. The van der Waals surface area contributed by atoms with Crippen molar-refractivity contribution < 1.29 is 5.11 Å². The van der Waals surface area contributed by atoms with Gasteiger partial charge in [0.2, 0.25) is 0 Å². The van der Waals surface area contributed by atoms with E-state index in [2.05, 4.69) is 16.9 Å². The van der Waals surface area contributed by atoms with Crippen LogP contribution in [0.25, 0.3) is 10.2 Å². The van der Waals surface area contributed by atoms with E-state index in [-0.39, 0.29) is 5.56 Å². The second-order valence-corrected chi connectivity index (χ2v) is 7.13. The highest BCUT2D eigenvalue weighted by Crippen LogP contribution is 2.26. The highest BCUT2D eigenvalue weighted by molar-refractivity contribution is 7.17. The number of nitrogens with zero attached hydrogens (tertiary/aromatic N) is 3. The molecular formula is C16H23N3O2S. The molecule has 0 spiro atoms. The molecular weight excluding hydrogens is 298 g/mol. The topological polar surface area (TPSA) is 58.4 Å². The van der Waals surface area contributed by atoms with Gasteiger partial charge in [0.05, 0.1) is 11.8 Å². The molecule has 2 aromatic rings. The van der Waals surface area contributed by atoms with Gasteiger partial charge < -0.3 is 10.0 Å². The second-order valence-electron chi connectivity index (χ2n) is 6.22.